The maximum atomic E-state index is 11.8. The molecule has 0 amide bonds. The normalized spacial score (nSPS) is 13.2. The zero-order valence-corrected chi connectivity index (χ0v) is 11.2. The van der Waals surface area contributed by atoms with Crippen LogP contribution < -0.4 is 0 Å². The van der Waals surface area contributed by atoms with Crippen LogP contribution in [0.5, 0.6) is 0 Å². The van der Waals surface area contributed by atoms with E-state index in [0.717, 1.165) is 5.56 Å². The Morgan fingerprint density at radius 2 is 1.89 bits per heavy atom. The molecule has 1 atom stereocenters. The van der Waals surface area contributed by atoms with Crippen LogP contribution in [-0.2, 0) is 21.1 Å². The zero-order chi connectivity index (χ0) is 13.6. The van der Waals surface area contributed by atoms with E-state index < -0.39 is 21.1 Å². The van der Waals surface area contributed by atoms with Gasteiger partial charge in [0.25, 0.3) is 0 Å². The molecule has 1 unspecified atom stereocenters. The molecule has 1 rings (SSSR count). The smallest absolute Gasteiger partial charge is 0.304 e. The van der Waals surface area contributed by atoms with Gasteiger partial charge < -0.3 is 5.11 Å². The van der Waals surface area contributed by atoms with Crippen LogP contribution in [0, 0.1) is 0 Å². The lowest BCUT2D eigenvalue weighted by Gasteiger charge is -2.10. The maximum absolute atomic E-state index is 11.8. The molecule has 0 aliphatic rings. The van der Waals surface area contributed by atoms with Gasteiger partial charge in [-0.1, -0.05) is 30.3 Å². The lowest BCUT2D eigenvalue weighted by Crippen LogP contribution is -2.24. The minimum Gasteiger partial charge on any atom is -0.481 e. The molecule has 0 bridgehead atoms. The lowest BCUT2D eigenvalue weighted by atomic mass is 10.1. The van der Waals surface area contributed by atoms with Crippen LogP contribution in [0.3, 0.4) is 0 Å². The van der Waals surface area contributed by atoms with E-state index in [9.17, 15) is 13.2 Å². The number of hydrogen-bond acceptors (Lipinski definition) is 3. The number of carboxylic acids is 1. The molecule has 1 aromatic rings. The Kier molecular flexibility index (Phi) is 5.34. The minimum absolute atomic E-state index is 0.0380. The highest BCUT2D eigenvalue weighted by atomic mass is 32.2. The molecular formula is C13H18O4S. The van der Waals surface area contributed by atoms with E-state index in [-0.39, 0.29) is 12.2 Å². The number of rotatable bonds is 7. The largest absolute Gasteiger partial charge is 0.481 e. The van der Waals surface area contributed by atoms with E-state index in [0.29, 0.717) is 12.8 Å². The van der Waals surface area contributed by atoms with Gasteiger partial charge in [0.1, 0.15) is 0 Å². The summed E-state index contributed by atoms with van der Waals surface area (Å²) in [5, 5.41) is 7.77. The quantitative estimate of drug-likeness (QED) is 0.821. The molecule has 0 spiro atoms. The van der Waals surface area contributed by atoms with Crippen molar-refractivity contribution in [2.24, 2.45) is 0 Å². The molecule has 0 saturated heterocycles. The minimum atomic E-state index is -3.31. The third-order valence-corrected chi connectivity index (χ3v) is 5.06. The fraction of sp³-hybridized carbons (Fsp3) is 0.462. The van der Waals surface area contributed by atoms with Gasteiger partial charge in [-0.25, -0.2) is 8.42 Å². The lowest BCUT2D eigenvalue weighted by molar-refractivity contribution is -0.136. The van der Waals surface area contributed by atoms with Gasteiger partial charge in [0.15, 0.2) is 9.84 Å². The maximum Gasteiger partial charge on any atom is 0.304 e. The summed E-state index contributed by atoms with van der Waals surface area (Å²) in [5.74, 6) is -1.04. The number of carbonyl (C=O) groups is 1. The highest BCUT2D eigenvalue weighted by Crippen LogP contribution is 2.10. The first-order valence-electron chi connectivity index (χ1n) is 5.89. The molecule has 0 heterocycles. The van der Waals surface area contributed by atoms with Gasteiger partial charge in [0, 0.05) is 0 Å². The van der Waals surface area contributed by atoms with Crippen molar-refractivity contribution in [3.63, 3.8) is 0 Å². The van der Waals surface area contributed by atoms with Crippen molar-refractivity contribution < 1.29 is 18.3 Å². The Labute approximate surface area is 108 Å². The predicted octanol–water partition coefficient (Wildman–Crippen LogP) is 1.90. The van der Waals surface area contributed by atoms with E-state index in [1.165, 1.54) is 6.92 Å². The summed E-state index contributed by atoms with van der Waals surface area (Å²) in [6.45, 7) is 1.45. The average Bonchev–Trinajstić information content (AvgIpc) is 2.29. The SMILES string of the molecule is CC(CC(=O)O)S(=O)(=O)CCCc1ccccc1. The van der Waals surface area contributed by atoms with Crippen molar-refractivity contribution in [3.8, 4) is 0 Å². The molecule has 0 aromatic heterocycles. The van der Waals surface area contributed by atoms with Crippen molar-refractivity contribution in [2.45, 2.75) is 31.4 Å². The average molecular weight is 270 g/mol. The van der Waals surface area contributed by atoms with Crippen LogP contribution >= 0.6 is 0 Å². The molecule has 0 saturated carbocycles. The summed E-state index contributed by atoms with van der Waals surface area (Å²) in [6.07, 6.45) is 0.893. The van der Waals surface area contributed by atoms with E-state index in [1.807, 2.05) is 30.3 Å². The van der Waals surface area contributed by atoms with Crippen molar-refractivity contribution in [3.05, 3.63) is 35.9 Å². The topological polar surface area (TPSA) is 71.4 Å². The van der Waals surface area contributed by atoms with Gasteiger partial charge in [-0.05, 0) is 25.3 Å². The Bertz CT molecular complexity index is 479. The highest BCUT2D eigenvalue weighted by molar-refractivity contribution is 7.92. The van der Waals surface area contributed by atoms with Crippen molar-refractivity contribution >= 4 is 15.8 Å². The van der Waals surface area contributed by atoms with Gasteiger partial charge in [-0.2, -0.15) is 0 Å². The summed E-state index contributed by atoms with van der Waals surface area (Å²) in [7, 11) is -3.31. The third-order valence-electron chi connectivity index (χ3n) is 2.81. The zero-order valence-electron chi connectivity index (χ0n) is 10.4. The Hall–Kier alpha value is -1.36. The molecule has 1 N–H and O–H groups in total. The van der Waals surface area contributed by atoms with Gasteiger partial charge in [0.2, 0.25) is 0 Å². The molecular weight excluding hydrogens is 252 g/mol. The van der Waals surface area contributed by atoms with E-state index in [2.05, 4.69) is 0 Å². The molecule has 4 nitrogen and oxygen atoms in total. The number of carboxylic acid groups (broad SMARTS) is 1. The number of aryl methyl sites for hydroxylation is 1. The van der Waals surface area contributed by atoms with Crippen LogP contribution in [0.4, 0.5) is 0 Å². The van der Waals surface area contributed by atoms with E-state index >= 15 is 0 Å². The van der Waals surface area contributed by atoms with Gasteiger partial charge in [-0.15, -0.1) is 0 Å². The van der Waals surface area contributed by atoms with Gasteiger partial charge >= 0.3 is 5.97 Å². The molecule has 5 heteroatoms. The number of aliphatic carboxylic acids is 1. The third kappa shape index (κ3) is 4.87. The number of benzene rings is 1. The summed E-state index contributed by atoms with van der Waals surface area (Å²) < 4.78 is 23.6. The second-order valence-corrected chi connectivity index (χ2v) is 6.90. The molecule has 0 aliphatic carbocycles. The first-order valence-corrected chi connectivity index (χ1v) is 7.60. The van der Waals surface area contributed by atoms with Crippen molar-refractivity contribution in [1.82, 2.24) is 0 Å². The summed E-state index contributed by atoms with van der Waals surface area (Å²) in [4.78, 5) is 10.5. The molecule has 0 aliphatic heterocycles. The van der Waals surface area contributed by atoms with Crippen LogP contribution in [0.15, 0.2) is 30.3 Å². The van der Waals surface area contributed by atoms with Crippen LogP contribution in [0.25, 0.3) is 0 Å². The first kappa shape index (κ1) is 14.7. The fourth-order valence-electron chi connectivity index (χ4n) is 1.70. The highest BCUT2D eigenvalue weighted by Gasteiger charge is 2.22. The van der Waals surface area contributed by atoms with Crippen LogP contribution in [0.1, 0.15) is 25.3 Å². The van der Waals surface area contributed by atoms with E-state index in [1.54, 1.807) is 0 Å². The number of hydrogen-bond donors (Lipinski definition) is 1. The van der Waals surface area contributed by atoms with Gasteiger partial charge in [0.05, 0.1) is 17.4 Å². The first-order chi connectivity index (χ1) is 8.42. The standard InChI is InChI=1S/C13H18O4S/c1-11(10-13(14)15)18(16,17)9-5-8-12-6-3-2-4-7-12/h2-4,6-7,11H,5,8-10H2,1H3,(H,14,15). The Morgan fingerprint density at radius 3 is 2.44 bits per heavy atom. The summed E-state index contributed by atoms with van der Waals surface area (Å²) >= 11 is 0. The monoisotopic (exact) mass is 270 g/mol. The predicted molar refractivity (Wildman–Crippen MR) is 70.3 cm³/mol. The summed E-state index contributed by atoms with van der Waals surface area (Å²) in [5.41, 5.74) is 1.10. The molecule has 1 aromatic carbocycles. The second-order valence-electron chi connectivity index (χ2n) is 4.36. The fourth-order valence-corrected chi connectivity index (χ4v) is 3.04. The van der Waals surface area contributed by atoms with E-state index in [4.69, 9.17) is 5.11 Å². The van der Waals surface area contributed by atoms with Gasteiger partial charge in [-0.3, -0.25) is 4.79 Å². The molecule has 18 heavy (non-hydrogen) atoms. The number of sulfone groups is 1. The van der Waals surface area contributed by atoms with Crippen molar-refractivity contribution in [1.29, 1.82) is 0 Å². The molecule has 0 radical (unpaired) electrons. The van der Waals surface area contributed by atoms with Crippen molar-refractivity contribution in [2.75, 3.05) is 5.75 Å². The Balaban J connectivity index is 2.45. The molecule has 0 fully saturated rings. The molecule has 100 valence electrons. The van der Waals surface area contributed by atoms with Crippen LogP contribution in [-0.4, -0.2) is 30.5 Å². The van der Waals surface area contributed by atoms with Crippen LogP contribution in [0.2, 0.25) is 0 Å². The second kappa shape index (κ2) is 6.54. The Morgan fingerprint density at radius 1 is 1.28 bits per heavy atom. The summed E-state index contributed by atoms with van der Waals surface area (Å²) in [6, 6.07) is 9.64.